The third-order valence-electron chi connectivity index (χ3n) is 7.57. The summed E-state index contributed by atoms with van der Waals surface area (Å²) in [5.41, 5.74) is 1.44. The Morgan fingerprint density at radius 3 is 2.55 bits per heavy atom. The van der Waals surface area contributed by atoms with Crippen LogP contribution in [0.4, 0.5) is 0 Å². The molecular formula is C20H34O2. The maximum Gasteiger partial charge on any atom is 0.0858 e. The lowest BCUT2D eigenvalue weighted by Crippen LogP contribution is -2.57. The van der Waals surface area contributed by atoms with Crippen molar-refractivity contribution in [3.8, 4) is 0 Å². The lowest BCUT2D eigenvalue weighted by molar-refractivity contribution is -0.162. The molecular weight excluding hydrogens is 272 g/mol. The largest absolute Gasteiger partial charge is 0.390 e. The fourth-order valence-corrected chi connectivity index (χ4v) is 6.10. The van der Waals surface area contributed by atoms with Crippen LogP contribution in [0.2, 0.25) is 0 Å². The topological polar surface area (TPSA) is 40.5 Å². The van der Waals surface area contributed by atoms with Crippen LogP contribution in [0.15, 0.2) is 11.6 Å². The Morgan fingerprint density at radius 1 is 1.09 bits per heavy atom. The molecule has 0 amide bonds. The second kappa shape index (κ2) is 5.94. The zero-order valence-electron chi connectivity index (χ0n) is 14.8. The Morgan fingerprint density at radius 2 is 1.82 bits per heavy atom. The molecule has 2 bridgehead atoms. The molecule has 3 aliphatic carbocycles. The average molecular weight is 306 g/mol. The summed E-state index contributed by atoms with van der Waals surface area (Å²) in [5.74, 6) is 2.62. The minimum absolute atomic E-state index is 0.102. The molecule has 3 rings (SSSR count). The van der Waals surface area contributed by atoms with Crippen LogP contribution in [0, 0.1) is 35.0 Å². The smallest absolute Gasteiger partial charge is 0.0858 e. The quantitative estimate of drug-likeness (QED) is 0.660. The molecule has 0 saturated heterocycles. The van der Waals surface area contributed by atoms with E-state index >= 15 is 0 Å². The van der Waals surface area contributed by atoms with E-state index in [-0.39, 0.29) is 11.3 Å². The molecule has 22 heavy (non-hydrogen) atoms. The van der Waals surface area contributed by atoms with Gasteiger partial charge >= 0.3 is 0 Å². The third kappa shape index (κ3) is 2.47. The van der Waals surface area contributed by atoms with Crippen molar-refractivity contribution < 1.29 is 10.2 Å². The van der Waals surface area contributed by atoms with E-state index in [0.29, 0.717) is 23.7 Å². The first-order valence-electron chi connectivity index (χ1n) is 9.39. The van der Waals surface area contributed by atoms with Crippen LogP contribution in [0.25, 0.3) is 0 Å². The van der Waals surface area contributed by atoms with E-state index < -0.39 is 12.2 Å². The predicted octanol–water partition coefficient (Wildman–Crippen LogP) is 4.16. The Labute approximate surface area is 136 Å². The van der Waals surface area contributed by atoms with Gasteiger partial charge in [-0.1, -0.05) is 38.8 Å². The van der Waals surface area contributed by atoms with E-state index in [0.717, 1.165) is 12.8 Å². The van der Waals surface area contributed by atoms with Gasteiger partial charge in [0.2, 0.25) is 0 Å². The molecule has 0 aliphatic heterocycles. The lowest BCUT2D eigenvalue weighted by Gasteiger charge is -2.52. The monoisotopic (exact) mass is 306 g/mol. The molecule has 0 spiro atoms. The van der Waals surface area contributed by atoms with Crippen molar-refractivity contribution >= 4 is 0 Å². The van der Waals surface area contributed by atoms with Gasteiger partial charge in [-0.3, -0.25) is 0 Å². The predicted molar refractivity (Wildman–Crippen MR) is 90.4 cm³/mol. The molecule has 8 atom stereocenters. The molecule has 0 aromatic heterocycles. The Kier molecular flexibility index (Phi) is 4.46. The van der Waals surface area contributed by atoms with Gasteiger partial charge in [-0.05, 0) is 74.0 Å². The molecule has 3 unspecified atom stereocenters. The van der Waals surface area contributed by atoms with Crippen molar-refractivity contribution in [2.45, 2.75) is 78.4 Å². The number of hydrogen-bond acceptors (Lipinski definition) is 2. The summed E-state index contributed by atoms with van der Waals surface area (Å²) in [4.78, 5) is 0. The summed E-state index contributed by atoms with van der Waals surface area (Å²) < 4.78 is 0. The van der Waals surface area contributed by atoms with Crippen LogP contribution < -0.4 is 0 Å². The summed E-state index contributed by atoms with van der Waals surface area (Å²) in [7, 11) is 0. The molecule has 3 aliphatic rings. The Hall–Kier alpha value is -0.340. The van der Waals surface area contributed by atoms with Gasteiger partial charge in [0.25, 0.3) is 0 Å². The van der Waals surface area contributed by atoms with Crippen molar-refractivity contribution in [1.82, 2.24) is 0 Å². The third-order valence-corrected chi connectivity index (χ3v) is 7.57. The first-order chi connectivity index (χ1) is 10.4. The van der Waals surface area contributed by atoms with Gasteiger partial charge in [-0.25, -0.2) is 0 Å². The number of aliphatic hydroxyl groups excluding tert-OH is 2. The van der Waals surface area contributed by atoms with E-state index in [1.54, 1.807) is 0 Å². The highest BCUT2D eigenvalue weighted by Gasteiger charge is 2.59. The second-order valence-electron chi connectivity index (χ2n) is 8.84. The highest BCUT2D eigenvalue weighted by Crippen LogP contribution is 2.60. The SMILES string of the molecule is CC1=CCC[C@H](C)CCC2C(C)[C@@H]3C1CC[C@]3(C)[C@@H](O)[C@@H]2O. The van der Waals surface area contributed by atoms with Gasteiger partial charge in [0, 0.05) is 0 Å². The zero-order chi connectivity index (χ0) is 16.1. The van der Waals surface area contributed by atoms with Crippen molar-refractivity contribution in [3.63, 3.8) is 0 Å². The average Bonchev–Trinajstić information content (AvgIpc) is 2.83. The highest BCUT2D eigenvalue weighted by atomic mass is 16.3. The van der Waals surface area contributed by atoms with E-state index in [1.807, 2.05) is 0 Å². The molecule has 0 heterocycles. The first-order valence-corrected chi connectivity index (χ1v) is 9.39. The maximum absolute atomic E-state index is 10.9. The van der Waals surface area contributed by atoms with Crippen LogP contribution in [-0.2, 0) is 0 Å². The van der Waals surface area contributed by atoms with E-state index in [2.05, 4.69) is 33.8 Å². The van der Waals surface area contributed by atoms with Crippen LogP contribution in [0.5, 0.6) is 0 Å². The minimum Gasteiger partial charge on any atom is -0.390 e. The summed E-state index contributed by atoms with van der Waals surface area (Å²) >= 11 is 0. The Balaban J connectivity index is 2.00. The van der Waals surface area contributed by atoms with Crippen molar-refractivity contribution in [2.24, 2.45) is 35.0 Å². The van der Waals surface area contributed by atoms with Crippen molar-refractivity contribution in [3.05, 3.63) is 11.6 Å². The standard InChI is InChI=1S/C20H34O2/c1-12-6-5-7-13(2)15-10-11-20(4)17(15)14(3)16(9-8-12)18(21)19(20)22/h7,12,14-19,21-22H,5-6,8-11H2,1-4H3/t12-,14?,15?,16?,17+,18+,19-,20-/m0/s1. The van der Waals surface area contributed by atoms with E-state index in [9.17, 15) is 10.2 Å². The molecule has 0 radical (unpaired) electrons. The van der Waals surface area contributed by atoms with Gasteiger partial charge in [-0.2, -0.15) is 0 Å². The van der Waals surface area contributed by atoms with Crippen molar-refractivity contribution in [2.75, 3.05) is 0 Å². The van der Waals surface area contributed by atoms with Gasteiger partial charge in [0.15, 0.2) is 0 Å². The molecule has 2 saturated carbocycles. The van der Waals surface area contributed by atoms with Crippen LogP contribution in [-0.4, -0.2) is 22.4 Å². The summed E-state index contributed by atoms with van der Waals surface area (Å²) in [6.07, 6.45) is 8.32. The zero-order valence-corrected chi connectivity index (χ0v) is 14.8. The number of allylic oxidation sites excluding steroid dienone is 2. The number of aliphatic hydroxyl groups is 2. The Bertz CT molecular complexity index is 443. The summed E-state index contributed by atoms with van der Waals surface area (Å²) in [6.45, 7) is 9.21. The molecule has 2 heteroatoms. The minimum atomic E-state index is -0.549. The molecule has 0 aromatic carbocycles. The normalized spacial score (nSPS) is 52.8. The molecule has 126 valence electrons. The second-order valence-corrected chi connectivity index (χ2v) is 8.84. The first kappa shape index (κ1) is 16.5. The van der Waals surface area contributed by atoms with Gasteiger partial charge in [0.05, 0.1) is 12.2 Å². The van der Waals surface area contributed by atoms with E-state index in [4.69, 9.17) is 0 Å². The van der Waals surface area contributed by atoms with Gasteiger partial charge in [0.1, 0.15) is 0 Å². The fourth-order valence-electron chi connectivity index (χ4n) is 6.10. The van der Waals surface area contributed by atoms with Crippen LogP contribution in [0.3, 0.4) is 0 Å². The number of fused-ring (bicyclic) bond motifs is 1. The fraction of sp³-hybridized carbons (Fsp3) is 0.900. The van der Waals surface area contributed by atoms with Crippen LogP contribution in [0.1, 0.15) is 66.2 Å². The van der Waals surface area contributed by atoms with Crippen molar-refractivity contribution in [1.29, 1.82) is 0 Å². The molecule has 0 aromatic rings. The number of hydrogen-bond donors (Lipinski definition) is 2. The molecule has 2 N–H and O–H groups in total. The number of rotatable bonds is 0. The van der Waals surface area contributed by atoms with E-state index in [1.165, 1.54) is 31.3 Å². The summed E-state index contributed by atoms with van der Waals surface area (Å²) in [6, 6.07) is 0. The van der Waals surface area contributed by atoms with Gasteiger partial charge < -0.3 is 10.2 Å². The van der Waals surface area contributed by atoms with Crippen LogP contribution >= 0.6 is 0 Å². The molecule has 2 nitrogen and oxygen atoms in total. The summed E-state index contributed by atoms with van der Waals surface area (Å²) in [5, 5.41) is 21.7. The molecule has 2 fully saturated rings. The van der Waals surface area contributed by atoms with Gasteiger partial charge in [-0.15, -0.1) is 0 Å². The highest BCUT2D eigenvalue weighted by molar-refractivity contribution is 5.17. The lowest BCUT2D eigenvalue weighted by atomic mass is 9.55. The maximum atomic E-state index is 10.9.